The highest BCUT2D eigenvalue weighted by Gasteiger charge is 2.27. The van der Waals surface area contributed by atoms with Gasteiger partial charge in [0.05, 0.1) is 0 Å². The van der Waals surface area contributed by atoms with E-state index in [4.69, 9.17) is 0 Å². The smallest absolute Gasteiger partial charge is 0.123 e. The summed E-state index contributed by atoms with van der Waals surface area (Å²) in [5.41, 5.74) is 3.32. The maximum atomic E-state index is 10.6. The van der Waals surface area contributed by atoms with Gasteiger partial charge in [0.15, 0.2) is 0 Å². The zero-order valence-corrected chi connectivity index (χ0v) is 16.1. The summed E-state index contributed by atoms with van der Waals surface area (Å²) >= 11 is 0. The topological polar surface area (TPSA) is 40.5 Å². The van der Waals surface area contributed by atoms with Crippen LogP contribution < -0.4 is 0 Å². The minimum atomic E-state index is -0.170. The van der Waals surface area contributed by atoms with Crippen LogP contribution in [0.2, 0.25) is 0 Å². The molecule has 0 aliphatic rings. The van der Waals surface area contributed by atoms with Crippen LogP contribution >= 0.6 is 0 Å². The Balaban J connectivity index is 2.85. The molecule has 0 radical (unpaired) electrons. The Hall–Kier alpha value is -1.18. The number of hydrogen-bond acceptors (Lipinski definition) is 2. The minimum Gasteiger partial charge on any atom is -0.507 e. The molecule has 0 spiro atoms. The van der Waals surface area contributed by atoms with Crippen molar-refractivity contribution < 1.29 is 10.2 Å². The average Bonchev–Trinajstić information content (AvgIpc) is 2.47. The summed E-state index contributed by atoms with van der Waals surface area (Å²) in [4.78, 5) is 0. The summed E-state index contributed by atoms with van der Waals surface area (Å²) in [5.74, 6) is 0.752. The Morgan fingerprint density at radius 3 is 1.74 bits per heavy atom. The summed E-state index contributed by atoms with van der Waals surface area (Å²) in [7, 11) is 0. The highest BCUT2D eigenvalue weighted by Crippen LogP contribution is 2.43. The van der Waals surface area contributed by atoms with Crippen LogP contribution in [-0.4, -0.2) is 10.2 Å². The molecule has 0 heterocycles. The van der Waals surface area contributed by atoms with Crippen molar-refractivity contribution in [3.05, 3.63) is 22.3 Å². The molecule has 23 heavy (non-hydrogen) atoms. The van der Waals surface area contributed by atoms with Crippen molar-refractivity contribution in [1.29, 1.82) is 0 Å². The second-order valence-electron chi connectivity index (χ2n) is 7.92. The van der Waals surface area contributed by atoms with Crippen molar-refractivity contribution >= 4 is 0 Å². The van der Waals surface area contributed by atoms with Crippen LogP contribution in [0, 0.1) is 13.8 Å². The van der Waals surface area contributed by atoms with Crippen LogP contribution in [0.25, 0.3) is 0 Å². The molecule has 0 saturated heterocycles. The number of hydrogen-bond donors (Lipinski definition) is 2. The maximum absolute atomic E-state index is 10.6. The lowest BCUT2D eigenvalue weighted by molar-refractivity contribution is 0.420. The first-order valence-electron chi connectivity index (χ1n) is 9.26. The lowest BCUT2D eigenvalue weighted by Gasteiger charge is -2.27. The van der Waals surface area contributed by atoms with Gasteiger partial charge in [0.25, 0.3) is 0 Å². The first kappa shape index (κ1) is 19.9. The van der Waals surface area contributed by atoms with Gasteiger partial charge in [0.1, 0.15) is 11.5 Å². The predicted octanol–water partition coefficient (Wildman–Crippen LogP) is 6.31. The normalized spacial score (nSPS) is 11.9. The van der Waals surface area contributed by atoms with Gasteiger partial charge in [-0.25, -0.2) is 0 Å². The molecule has 0 aliphatic carbocycles. The van der Waals surface area contributed by atoms with Crippen LogP contribution in [-0.2, 0) is 11.8 Å². The minimum absolute atomic E-state index is 0.170. The molecule has 1 aromatic carbocycles. The van der Waals surface area contributed by atoms with Crippen LogP contribution in [0.15, 0.2) is 0 Å². The molecule has 0 unspecified atom stereocenters. The lowest BCUT2D eigenvalue weighted by Crippen LogP contribution is -2.16. The molecular formula is C21H36O2. The van der Waals surface area contributed by atoms with E-state index in [9.17, 15) is 10.2 Å². The van der Waals surface area contributed by atoms with E-state index in [1.54, 1.807) is 0 Å². The fraction of sp³-hybridized carbons (Fsp3) is 0.714. The van der Waals surface area contributed by atoms with Crippen LogP contribution in [0.4, 0.5) is 0 Å². The quantitative estimate of drug-likeness (QED) is 0.435. The van der Waals surface area contributed by atoms with Crippen molar-refractivity contribution in [2.24, 2.45) is 0 Å². The molecule has 2 nitrogen and oxygen atoms in total. The van der Waals surface area contributed by atoms with Crippen molar-refractivity contribution in [1.82, 2.24) is 0 Å². The van der Waals surface area contributed by atoms with Gasteiger partial charge in [-0.2, -0.15) is 0 Å². The molecule has 0 aliphatic heterocycles. The highest BCUT2D eigenvalue weighted by atomic mass is 16.3. The number of rotatable bonds is 8. The van der Waals surface area contributed by atoms with Crippen LogP contribution in [0.3, 0.4) is 0 Å². The standard InChI is InChI=1S/C21H36O2/c1-7-8-9-10-11-12-13-14-17-18(21(4,5)6)20(23)16(3)15(2)19(17)22/h22-23H,7-14H2,1-6H3. The number of benzene rings is 1. The third-order valence-corrected chi connectivity index (χ3v) is 4.88. The Morgan fingerprint density at radius 2 is 1.22 bits per heavy atom. The second kappa shape index (κ2) is 8.61. The number of unbranched alkanes of at least 4 members (excludes halogenated alkanes) is 6. The first-order valence-corrected chi connectivity index (χ1v) is 9.26. The number of phenols is 2. The van der Waals surface area contributed by atoms with E-state index in [-0.39, 0.29) is 5.41 Å². The van der Waals surface area contributed by atoms with E-state index in [0.29, 0.717) is 11.5 Å². The lowest BCUT2D eigenvalue weighted by atomic mass is 9.79. The molecule has 0 fully saturated rings. The SMILES string of the molecule is CCCCCCCCCc1c(O)c(C)c(C)c(O)c1C(C)(C)C. The summed E-state index contributed by atoms with van der Waals surface area (Å²) in [6.45, 7) is 12.3. The Morgan fingerprint density at radius 1 is 0.739 bits per heavy atom. The first-order chi connectivity index (χ1) is 10.7. The summed E-state index contributed by atoms with van der Waals surface area (Å²) in [6, 6.07) is 0. The van der Waals surface area contributed by atoms with E-state index in [1.807, 2.05) is 13.8 Å². The van der Waals surface area contributed by atoms with Crippen molar-refractivity contribution in [3.8, 4) is 11.5 Å². The molecule has 0 amide bonds. The molecule has 2 heteroatoms. The van der Waals surface area contributed by atoms with E-state index in [0.717, 1.165) is 35.1 Å². The Labute approximate surface area is 142 Å². The molecule has 1 rings (SSSR count). The fourth-order valence-electron chi connectivity index (χ4n) is 3.34. The van der Waals surface area contributed by atoms with Crippen molar-refractivity contribution in [3.63, 3.8) is 0 Å². The van der Waals surface area contributed by atoms with Gasteiger partial charge in [-0.1, -0.05) is 66.2 Å². The predicted molar refractivity (Wildman–Crippen MR) is 99.6 cm³/mol. The third kappa shape index (κ3) is 5.16. The molecule has 132 valence electrons. The van der Waals surface area contributed by atoms with Crippen molar-refractivity contribution in [2.75, 3.05) is 0 Å². The van der Waals surface area contributed by atoms with Gasteiger partial charge >= 0.3 is 0 Å². The number of phenolic OH excluding ortho intramolecular Hbond substituents is 2. The van der Waals surface area contributed by atoms with Crippen LogP contribution in [0.1, 0.15) is 94.9 Å². The fourth-order valence-corrected chi connectivity index (χ4v) is 3.34. The van der Waals surface area contributed by atoms with Gasteiger partial charge in [0, 0.05) is 11.1 Å². The van der Waals surface area contributed by atoms with Crippen molar-refractivity contribution in [2.45, 2.75) is 98.3 Å². The van der Waals surface area contributed by atoms with E-state index in [2.05, 4.69) is 27.7 Å². The van der Waals surface area contributed by atoms with E-state index in [1.165, 1.54) is 38.5 Å². The van der Waals surface area contributed by atoms with Crippen LogP contribution in [0.5, 0.6) is 11.5 Å². The molecule has 0 saturated carbocycles. The molecule has 0 bridgehead atoms. The summed E-state index contributed by atoms with van der Waals surface area (Å²) in [5, 5.41) is 21.2. The van der Waals surface area contributed by atoms with Gasteiger partial charge < -0.3 is 10.2 Å². The number of aromatic hydroxyl groups is 2. The Bertz CT molecular complexity index is 510. The van der Waals surface area contributed by atoms with Gasteiger partial charge in [-0.05, 0) is 43.2 Å². The largest absolute Gasteiger partial charge is 0.507 e. The molecule has 0 atom stereocenters. The van der Waals surface area contributed by atoms with E-state index >= 15 is 0 Å². The average molecular weight is 321 g/mol. The summed E-state index contributed by atoms with van der Waals surface area (Å²) in [6.07, 6.45) is 9.64. The monoisotopic (exact) mass is 320 g/mol. The highest BCUT2D eigenvalue weighted by molar-refractivity contribution is 5.59. The maximum Gasteiger partial charge on any atom is 0.123 e. The Kier molecular flexibility index (Phi) is 7.44. The molecular weight excluding hydrogens is 284 g/mol. The zero-order chi connectivity index (χ0) is 17.6. The van der Waals surface area contributed by atoms with Gasteiger partial charge in [-0.15, -0.1) is 0 Å². The summed E-state index contributed by atoms with van der Waals surface area (Å²) < 4.78 is 0. The van der Waals surface area contributed by atoms with Gasteiger partial charge in [-0.3, -0.25) is 0 Å². The zero-order valence-electron chi connectivity index (χ0n) is 16.1. The molecule has 0 aromatic heterocycles. The van der Waals surface area contributed by atoms with E-state index < -0.39 is 0 Å². The van der Waals surface area contributed by atoms with Gasteiger partial charge in [0.2, 0.25) is 0 Å². The molecule has 2 N–H and O–H groups in total. The molecule has 1 aromatic rings. The third-order valence-electron chi connectivity index (χ3n) is 4.88. The second-order valence-corrected chi connectivity index (χ2v) is 7.92.